The van der Waals surface area contributed by atoms with Crippen LogP contribution in [0.3, 0.4) is 0 Å². The molecule has 0 saturated carbocycles. The number of unbranched alkanes of at least 4 members (excludes halogenated alkanes) is 1. The Morgan fingerprint density at radius 2 is 1.94 bits per heavy atom. The molecule has 3 rings (SSSR count). The number of carbonyl (C=O) groups is 1. The van der Waals surface area contributed by atoms with E-state index in [4.69, 9.17) is 17.3 Å². The first-order valence-corrected chi connectivity index (χ1v) is 10.9. The lowest BCUT2D eigenvalue weighted by Gasteiger charge is -2.20. The maximum atomic E-state index is 12.4. The lowest BCUT2D eigenvalue weighted by Crippen LogP contribution is -2.33. The zero-order valence-electron chi connectivity index (χ0n) is 18.4. The number of amides is 1. The highest BCUT2D eigenvalue weighted by molar-refractivity contribution is 6.33. The highest BCUT2D eigenvalue weighted by Gasteiger charge is 2.25. The molecule has 0 unspecified atom stereocenters. The maximum absolute atomic E-state index is 12.4. The van der Waals surface area contributed by atoms with Crippen molar-refractivity contribution in [3.05, 3.63) is 73.9 Å². The lowest BCUT2D eigenvalue weighted by atomic mass is 9.85. The van der Waals surface area contributed by atoms with E-state index in [9.17, 15) is 14.4 Å². The average molecular weight is 455 g/mol. The molecular formula is C24H27ClN4O3. The monoisotopic (exact) mass is 454 g/mol. The largest absolute Gasteiger partial charge is 0.369 e. The van der Waals surface area contributed by atoms with Gasteiger partial charge in [-0.15, -0.1) is 0 Å². The number of aryl methyl sites for hydroxylation is 1. The highest BCUT2D eigenvalue weighted by atomic mass is 35.5. The molecular weight excluding hydrogens is 428 g/mol. The molecule has 0 bridgehead atoms. The van der Waals surface area contributed by atoms with E-state index < -0.39 is 11.3 Å². The Kier molecular flexibility index (Phi) is 6.99. The molecule has 7 nitrogen and oxygen atoms in total. The quantitative estimate of drug-likeness (QED) is 0.539. The van der Waals surface area contributed by atoms with Gasteiger partial charge in [-0.05, 0) is 36.6 Å². The summed E-state index contributed by atoms with van der Waals surface area (Å²) in [5.74, 6) is -0.123. The minimum Gasteiger partial charge on any atom is -0.369 e. The summed E-state index contributed by atoms with van der Waals surface area (Å²) in [5, 5.41) is 0.404. The van der Waals surface area contributed by atoms with Crippen LogP contribution in [0.4, 0.5) is 0 Å². The number of halogens is 1. The molecule has 1 aromatic carbocycles. The predicted octanol–water partition coefficient (Wildman–Crippen LogP) is 3.77. The van der Waals surface area contributed by atoms with Gasteiger partial charge in [0.25, 0.3) is 11.1 Å². The number of nitrogens with zero attached hydrogens (tertiary/aromatic N) is 2. The van der Waals surface area contributed by atoms with Crippen molar-refractivity contribution >= 4 is 17.5 Å². The number of primary amides is 1. The number of pyridine rings is 1. The molecule has 8 heteroatoms. The van der Waals surface area contributed by atoms with Gasteiger partial charge in [-0.2, -0.15) is 0 Å². The minimum absolute atomic E-state index is 0.145. The van der Waals surface area contributed by atoms with Crippen LogP contribution in [-0.4, -0.2) is 20.4 Å². The molecule has 3 N–H and O–H groups in total. The Morgan fingerprint density at radius 3 is 2.59 bits per heavy atom. The van der Waals surface area contributed by atoms with Crippen LogP contribution in [0.1, 0.15) is 39.2 Å². The van der Waals surface area contributed by atoms with Gasteiger partial charge in [0, 0.05) is 41.4 Å². The summed E-state index contributed by atoms with van der Waals surface area (Å²) in [6, 6.07) is 9.91. The van der Waals surface area contributed by atoms with Crippen molar-refractivity contribution in [3.8, 4) is 22.6 Å². The van der Waals surface area contributed by atoms with Crippen molar-refractivity contribution in [2.75, 3.05) is 0 Å². The molecule has 168 valence electrons. The van der Waals surface area contributed by atoms with Gasteiger partial charge in [-0.1, -0.05) is 44.9 Å². The van der Waals surface area contributed by atoms with Crippen LogP contribution in [0.15, 0.2) is 52.2 Å². The van der Waals surface area contributed by atoms with Crippen molar-refractivity contribution in [2.24, 2.45) is 11.1 Å². The van der Waals surface area contributed by atoms with E-state index in [-0.39, 0.29) is 16.9 Å². The zero-order valence-corrected chi connectivity index (χ0v) is 19.2. The number of aromatic amines is 1. The van der Waals surface area contributed by atoms with Crippen molar-refractivity contribution in [3.63, 3.8) is 0 Å². The zero-order chi connectivity index (χ0) is 23.5. The van der Waals surface area contributed by atoms with Crippen LogP contribution in [-0.2, 0) is 17.8 Å². The number of aromatic nitrogens is 3. The average Bonchev–Trinajstić information content (AvgIpc) is 2.73. The lowest BCUT2D eigenvalue weighted by molar-refractivity contribution is -0.125. The Bertz CT molecular complexity index is 1260. The van der Waals surface area contributed by atoms with E-state index in [0.717, 1.165) is 18.4 Å². The van der Waals surface area contributed by atoms with E-state index >= 15 is 0 Å². The van der Waals surface area contributed by atoms with E-state index in [1.165, 1.54) is 12.1 Å². The molecule has 0 radical (unpaired) electrons. The van der Waals surface area contributed by atoms with Crippen LogP contribution in [0.2, 0.25) is 5.02 Å². The molecule has 0 atom stereocenters. The third-order valence-corrected chi connectivity index (χ3v) is 5.71. The van der Waals surface area contributed by atoms with Crippen LogP contribution >= 0.6 is 11.6 Å². The number of hydrogen-bond donors (Lipinski definition) is 2. The number of nitrogens with two attached hydrogens (primary N) is 1. The summed E-state index contributed by atoms with van der Waals surface area (Å²) in [7, 11) is 0. The summed E-state index contributed by atoms with van der Waals surface area (Å²) < 4.78 is 1.64. The first-order valence-electron chi connectivity index (χ1n) is 10.5. The Labute approximate surface area is 191 Å². The fourth-order valence-corrected chi connectivity index (χ4v) is 3.58. The SMILES string of the molecule is CCCCn1ccc(-c2cc(=O)[nH]c(-c3cc(CC(C)(C)C(N)=O)ccc3Cl)n2)cc1=O. The minimum atomic E-state index is -0.741. The molecule has 0 aliphatic carbocycles. The smallest absolute Gasteiger partial charge is 0.251 e. The van der Waals surface area contributed by atoms with Gasteiger partial charge in [0.1, 0.15) is 5.82 Å². The van der Waals surface area contributed by atoms with Gasteiger partial charge < -0.3 is 15.3 Å². The van der Waals surface area contributed by atoms with Crippen molar-refractivity contribution in [1.82, 2.24) is 14.5 Å². The molecule has 0 aliphatic rings. The standard InChI is InChI=1S/C24H27ClN4O3/c1-4-5-9-29-10-8-16(12-21(29)31)19-13-20(30)28-22(27-19)17-11-15(6-7-18(17)25)14-24(2,3)23(26)32/h6-8,10-13H,4-5,9,14H2,1-3H3,(H2,26,32)(H,27,28,30). The molecule has 32 heavy (non-hydrogen) atoms. The topological polar surface area (TPSA) is 111 Å². The van der Waals surface area contributed by atoms with Gasteiger partial charge in [0.2, 0.25) is 5.91 Å². The summed E-state index contributed by atoms with van der Waals surface area (Å²) in [6.07, 6.45) is 4.03. The molecule has 2 aromatic heterocycles. The van der Waals surface area contributed by atoms with Crippen molar-refractivity contribution in [2.45, 2.75) is 46.6 Å². The van der Waals surface area contributed by atoms with E-state index in [0.29, 0.717) is 34.8 Å². The highest BCUT2D eigenvalue weighted by Crippen LogP contribution is 2.30. The Morgan fingerprint density at radius 1 is 1.19 bits per heavy atom. The van der Waals surface area contributed by atoms with E-state index in [1.807, 2.05) is 6.07 Å². The number of H-pyrrole nitrogens is 1. The van der Waals surface area contributed by atoms with E-state index in [1.54, 1.807) is 42.8 Å². The van der Waals surface area contributed by atoms with Crippen LogP contribution in [0.25, 0.3) is 22.6 Å². The fraction of sp³-hybridized carbons (Fsp3) is 0.333. The van der Waals surface area contributed by atoms with Gasteiger partial charge >= 0.3 is 0 Å². The van der Waals surface area contributed by atoms with Crippen molar-refractivity contribution < 1.29 is 4.79 Å². The van der Waals surface area contributed by atoms with Gasteiger partial charge in [-0.3, -0.25) is 14.4 Å². The third kappa shape index (κ3) is 5.34. The number of nitrogens with one attached hydrogen (secondary N) is 1. The van der Waals surface area contributed by atoms with Crippen LogP contribution in [0, 0.1) is 5.41 Å². The summed E-state index contributed by atoms with van der Waals surface area (Å²) in [5.41, 5.74) is 6.54. The Hall–Kier alpha value is -3.19. The number of rotatable bonds is 8. The number of hydrogen-bond acceptors (Lipinski definition) is 4. The molecule has 2 heterocycles. The summed E-state index contributed by atoms with van der Waals surface area (Å²) in [4.78, 5) is 43.8. The second kappa shape index (κ2) is 9.53. The van der Waals surface area contributed by atoms with E-state index in [2.05, 4.69) is 16.9 Å². The van der Waals surface area contributed by atoms with Gasteiger partial charge in [0.05, 0.1) is 10.7 Å². The second-order valence-electron chi connectivity index (χ2n) is 8.52. The summed E-state index contributed by atoms with van der Waals surface area (Å²) >= 11 is 6.40. The molecule has 0 saturated heterocycles. The molecule has 3 aromatic rings. The molecule has 0 spiro atoms. The normalized spacial score (nSPS) is 11.5. The first kappa shape index (κ1) is 23.5. The first-order chi connectivity index (χ1) is 15.1. The fourth-order valence-electron chi connectivity index (χ4n) is 3.37. The van der Waals surface area contributed by atoms with Crippen LogP contribution < -0.4 is 16.9 Å². The third-order valence-electron chi connectivity index (χ3n) is 5.39. The van der Waals surface area contributed by atoms with Crippen LogP contribution in [0.5, 0.6) is 0 Å². The maximum Gasteiger partial charge on any atom is 0.251 e. The number of benzene rings is 1. The molecule has 1 amide bonds. The van der Waals surface area contributed by atoms with Gasteiger partial charge in [0.15, 0.2) is 0 Å². The predicted molar refractivity (Wildman–Crippen MR) is 127 cm³/mol. The van der Waals surface area contributed by atoms with Gasteiger partial charge in [-0.25, -0.2) is 4.98 Å². The van der Waals surface area contributed by atoms with Crippen molar-refractivity contribution in [1.29, 1.82) is 0 Å². The molecule has 0 aliphatic heterocycles. The number of carbonyl (C=O) groups excluding carboxylic acids is 1. The summed E-state index contributed by atoms with van der Waals surface area (Å²) in [6.45, 7) is 6.25. The second-order valence-corrected chi connectivity index (χ2v) is 8.93. The molecule has 0 fully saturated rings. The Balaban J connectivity index is 2.02.